The van der Waals surface area contributed by atoms with Gasteiger partial charge in [-0.1, -0.05) is 0 Å². The van der Waals surface area contributed by atoms with Crippen molar-refractivity contribution in [3.63, 3.8) is 0 Å². The molecule has 0 radical (unpaired) electrons. The zero-order valence-corrected chi connectivity index (χ0v) is 18.5. The van der Waals surface area contributed by atoms with E-state index in [9.17, 15) is 17.6 Å². The summed E-state index contributed by atoms with van der Waals surface area (Å²) in [6, 6.07) is 1.72. The standard InChI is InChI=1S/C21H22F4N8O2/c1-2-34-7-10-8-35-9-33(10)21-31-19(13-5-28-15(26)3-11(13)17(22)23)30-20(32-21)14-6-29-16(27)4-12(14)18(24)25/h3-6,10,17-18H,2,7-9H2,1H3,(H2,26,28)(H2,27,29). The van der Waals surface area contributed by atoms with E-state index < -0.39 is 24.0 Å². The molecule has 0 bridgehead atoms. The molecular weight excluding hydrogens is 472 g/mol. The third kappa shape index (κ3) is 5.22. The fraction of sp³-hybridized carbons (Fsp3) is 0.381. The van der Waals surface area contributed by atoms with Crippen molar-refractivity contribution in [1.82, 2.24) is 24.9 Å². The van der Waals surface area contributed by atoms with Crippen molar-refractivity contribution in [2.45, 2.75) is 25.8 Å². The zero-order chi connectivity index (χ0) is 25.1. The van der Waals surface area contributed by atoms with Gasteiger partial charge in [0.05, 0.1) is 19.3 Å². The summed E-state index contributed by atoms with van der Waals surface area (Å²) >= 11 is 0. The Balaban J connectivity index is 1.91. The number of alkyl halides is 4. The molecule has 1 saturated heterocycles. The van der Waals surface area contributed by atoms with Gasteiger partial charge in [-0.05, 0) is 19.1 Å². The van der Waals surface area contributed by atoms with Gasteiger partial charge in [0.2, 0.25) is 5.95 Å². The van der Waals surface area contributed by atoms with Gasteiger partial charge in [0.25, 0.3) is 12.9 Å². The number of ether oxygens (including phenoxy) is 2. The van der Waals surface area contributed by atoms with E-state index in [-0.39, 0.29) is 59.7 Å². The molecule has 35 heavy (non-hydrogen) atoms. The van der Waals surface area contributed by atoms with Crippen LogP contribution in [0.2, 0.25) is 0 Å². The Morgan fingerprint density at radius 1 is 0.971 bits per heavy atom. The minimum absolute atomic E-state index is 0.0290. The zero-order valence-electron chi connectivity index (χ0n) is 18.5. The van der Waals surface area contributed by atoms with Crippen molar-refractivity contribution in [1.29, 1.82) is 0 Å². The van der Waals surface area contributed by atoms with Crippen LogP contribution in [0.3, 0.4) is 0 Å². The molecule has 4 rings (SSSR count). The number of rotatable bonds is 8. The first-order valence-corrected chi connectivity index (χ1v) is 10.5. The van der Waals surface area contributed by atoms with Crippen LogP contribution in [0.5, 0.6) is 0 Å². The lowest BCUT2D eigenvalue weighted by Crippen LogP contribution is -2.36. The molecule has 0 aliphatic carbocycles. The second-order valence-corrected chi connectivity index (χ2v) is 7.56. The first-order valence-electron chi connectivity index (χ1n) is 10.5. The molecule has 0 spiro atoms. The molecule has 1 fully saturated rings. The molecule has 1 atom stereocenters. The van der Waals surface area contributed by atoms with Crippen LogP contribution in [0.25, 0.3) is 22.8 Å². The lowest BCUT2D eigenvalue weighted by Gasteiger charge is -2.23. The number of anilines is 3. The SMILES string of the molecule is CCOCC1COCN1c1nc(-c2cnc(N)cc2C(F)F)nc(-c2cnc(N)cc2C(F)F)n1. The maximum Gasteiger partial charge on any atom is 0.264 e. The molecular formula is C21H22F4N8O2. The molecule has 1 aliphatic heterocycles. The fourth-order valence-corrected chi connectivity index (χ4v) is 3.54. The number of halogens is 4. The van der Waals surface area contributed by atoms with E-state index in [4.69, 9.17) is 20.9 Å². The summed E-state index contributed by atoms with van der Waals surface area (Å²) in [7, 11) is 0. The summed E-state index contributed by atoms with van der Waals surface area (Å²) in [4.78, 5) is 22.3. The largest absolute Gasteiger partial charge is 0.384 e. The molecule has 0 saturated carbocycles. The summed E-state index contributed by atoms with van der Waals surface area (Å²) in [6.45, 7) is 2.95. The summed E-state index contributed by atoms with van der Waals surface area (Å²) in [5.41, 5.74) is 10.00. The molecule has 0 amide bonds. The fourth-order valence-electron chi connectivity index (χ4n) is 3.54. The molecule has 10 nitrogen and oxygen atoms in total. The summed E-state index contributed by atoms with van der Waals surface area (Å²) in [5.74, 6) is -0.614. The Morgan fingerprint density at radius 2 is 1.51 bits per heavy atom. The van der Waals surface area contributed by atoms with Crippen LogP contribution in [0, 0.1) is 0 Å². The second-order valence-electron chi connectivity index (χ2n) is 7.56. The van der Waals surface area contributed by atoms with E-state index in [0.717, 1.165) is 24.5 Å². The Hall–Kier alpha value is -3.65. The van der Waals surface area contributed by atoms with Crippen LogP contribution < -0.4 is 16.4 Å². The second kappa shape index (κ2) is 10.3. The third-order valence-corrected chi connectivity index (χ3v) is 5.24. The first kappa shape index (κ1) is 24.5. The van der Waals surface area contributed by atoms with E-state index in [1.165, 1.54) is 0 Å². The van der Waals surface area contributed by atoms with Crippen molar-refractivity contribution < 1.29 is 27.0 Å². The summed E-state index contributed by atoms with van der Waals surface area (Å²) in [6.07, 6.45) is -3.63. The summed E-state index contributed by atoms with van der Waals surface area (Å²) in [5, 5.41) is 0. The molecule has 1 unspecified atom stereocenters. The van der Waals surface area contributed by atoms with Gasteiger partial charge in [-0.25, -0.2) is 32.5 Å². The topological polar surface area (TPSA) is 138 Å². The number of hydrogen-bond acceptors (Lipinski definition) is 10. The first-order chi connectivity index (χ1) is 16.8. The minimum Gasteiger partial charge on any atom is -0.384 e. The monoisotopic (exact) mass is 494 g/mol. The normalized spacial score (nSPS) is 16.0. The van der Waals surface area contributed by atoms with Crippen LogP contribution in [-0.4, -0.2) is 57.5 Å². The maximum atomic E-state index is 13.8. The van der Waals surface area contributed by atoms with Crippen molar-refractivity contribution in [3.8, 4) is 22.8 Å². The van der Waals surface area contributed by atoms with E-state index in [2.05, 4.69) is 24.9 Å². The van der Waals surface area contributed by atoms with Gasteiger partial charge in [0, 0.05) is 41.3 Å². The number of nitrogen functional groups attached to an aromatic ring is 2. The number of nitrogens with two attached hydrogens (primary N) is 2. The molecule has 0 aromatic carbocycles. The van der Waals surface area contributed by atoms with E-state index in [0.29, 0.717) is 13.2 Å². The average molecular weight is 494 g/mol. The van der Waals surface area contributed by atoms with Gasteiger partial charge in [-0.15, -0.1) is 0 Å². The van der Waals surface area contributed by atoms with Gasteiger partial charge >= 0.3 is 0 Å². The van der Waals surface area contributed by atoms with E-state index in [1.54, 1.807) is 4.90 Å². The van der Waals surface area contributed by atoms with Crippen LogP contribution in [-0.2, 0) is 9.47 Å². The van der Waals surface area contributed by atoms with Crippen LogP contribution in [0.15, 0.2) is 24.5 Å². The lowest BCUT2D eigenvalue weighted by molar-refractivity contribution is 0.121. The number of pyridine rings is 2. The van der Waals surface area contributed by atoms with Gasteiger partial charge in [0.15, 0.2) is 11.6 Å². The average Bonchev–Trinajstić information content (AvgIpc) is 3.31. The van der Waals surface area contributed by atoms with Gasteiger partial charge < -0.3 is 25.8 Å². The highest BCUT2D eigenvalue weighted by Gasteiger charge is 2.30. The molecule has 3 aromatic heterocycles. The minimum atomic E-state index is -2.92. The van der Waals surface area contributed by atoms with Gasteiger partial charge in [-0.2, -0.15) is 9.97 Å². The Morgan fingerprint density at radius 3 is 2.00 bits per heavy atom. The summed E-state index contributed by atoms with van der Waals surface area (Å²) < 4.78 is 66.2. The highest BCUT2D eigenvalue weighted by atomic mass is 19.3. The number of hydrogen-bond donors (Lipinski definition) is 2. The quantitative estimate of drug-likeness (QED) is 0.449. The molecule has 1 aliphatic rings. The van der Waals surface area contributed by atoms with Gasteiger partial charge in [-0.3, -0.25) is 0 Å². The molecule has 186 valence electrons. The maximum absolute atomic E-state index is 13.8. The lowest BCUT2D eigenvalue weighted by atomic mass is 10.1. The van der Waals surface area contributed by atoms with Crippen LogP contribution in [0.4, 0.5) is 35.1 Å². The van der Waals surface area contributed by atoms with Crippen molar-refractivity contribution in [2.24, 2.45) is 0 Å². The van der Waals surface area contributed by atoms with Crippen LogP contribution >= 0.6 is 0 Å². The molecule has 14 heteroatoms. The molecule has 4 heterocycles. The highest BCUT2D eigenvalue weighted by Crippen LogP contribution is 2.35. The Kier molecular flexibility index (Phi) is 7.21. The predicted molar refractivity (Wildman–Crippen MR) is 119 cm³/mol. The van der Waals surface area contributed by atoms with Crippen molar-refractivity contribution in [3.05, 3.63) is 35.7 Å². The van der Waals surface area contributed by atoms with E-state index in [1.807, 2.05) is 6.92 Å². The number of nitrogens with zero attached hydrogens (tertiary/aromatic N) is 6. The van der Waals surface area contributed by atoms with Crippen molar-refractivity contribution in [2.75, 3.05) is 42.9 Å². The van der Waals surface area contributed by atoms with E-state index >= 15 is 0 Å². The van der Waals surface area contributed by atoms with Gasteiger partial charge in [0.1, 0.15) is 18.4 Å². The molecule has 4 N–H and O–H groups in total. The number of aromatic nitrogens is 5. The molecule has 3 aromatic rings. The Labute approximate surface area is 197 Å². The smallest absolute Gasteiger partial charge is 0.264 e. The predicted octanol–water partition coefficient (Wildman–Crippen LogP) is 3.23. The van der Waals surface area contributed by atoms with Crippen LogP contribution in [0.1, 0.15) is 30.9 Å². The van der Waals surface area contributed by atoms with Crippen molar-refractivity contribution >= 4 is 17.6 Å². The highest BCUT2D eigenvalue weighted by molar-refractivity contribution is 5.68. The third-order valence-electron chi connectivity index (χ3n) is 5.24. The Bertz CT molecular complexity index is 1120.